The smallest absolute Gasteiger partial charge is 0.302 e. The highest BCUT2D eigenvalue weighted by Gasteiger charge is 2.56. The molecule has 31 heavy (non-hydrogen) atoms. The van der Waals surface area contributed by atoms with Gasteiger partial charge in [-0.1, -0.05) is 65.0 Å². The summed E-state index contributed by atoms with van der Waals surface area (Å²) in [5.41, 5.74) is 4.66. The van der Waals surface area contributed by atoms with Gasteiger partial charge in [0.25, 0.3) is 0 Å². The predicted molar refractivity (Wildman–Crippen MR) is 129 cm³/mol. The van der Waals surface area contributed by atoms with E-state index in [9.17, 15) is 4.79 Å². The maximum Gasteiger partial charge on any atom is 0.302 e. The van der Waals surface area contributed by atoms with Gasteiger partial charge in [0.05, 0.1) is 0 Å². The van der Waals surface area contributed by atoms with Gasteiger partial charge in [-0.15, -0.1) is 0 Å². The van der Waals surface area contributed by atoms with E-state index in [2.05, 4.69) is 34.6 Å². The first-order chi connectivity index (χ1) is 14.6. The first kappa shape index (κ1) is 23.4. The SMILES string of the molecule is CC(=O)OC1CC[C@]2(C)C3=C(CCC2C1)[C@@H]1CC[C@H]([C@H](C)CCCC(C)C)[C@@]1(C)CC3. The Balaban J connectivity index is 1.49. The zero-order chi connectivity index (χ0) is 22.4. The van der Waals surface area contributed by atoms with Crippen LogP contribution < -0.4 is 0 Å². The lowest BCUT2D eigenvalue weighted by Gasteiger charge is -2.55. The van der Waals surface area contributed by atoms with Crippen LogP contribution in [0.1, 0.15) is 119 Å². The molecule has 0 heterocycles. The third-order valence-electron chi connectivity index (χ3n) is 10.5. The fraction of sp³-hybridized carbons (Fsp3) is 0.897. The molecule has 2 heteroatoms. The van der Waals surface area contributed by atoms with Gasteiger partial charge in [-0.3, -0.25) is 4.79 Å². The monoisotopic (exact) mass is 428 g/mol. The van der Waals surface area contributed by atoms with Gasteiger partial charge in [0, 0.05) is 6.92 Å². The molecular weight excluding hydrogens is 380 g/mol. The number of hydrogen-bond acceptors (Lipinski definition) is 2. The molecule has 0 N–H and O–H groups in total. The summed E-state index contributed by atoms with van der Waals surface area (Å²) in [6.07, 6.45) is 16.0. The molecule has 0 aromatic carbocycles. The lowest BCUT2D eigenvalue weighted by molar-refractivity contribution is -0.150. The second-order valence-corrected chi connectivity index (χ2v) is 12.7. The molecule has 0 radical (unpaired) electrons. The first-order valence-corrected chi connectivity index (χ1v) is 13.5. The van der Waals surface area contributed by atoms with Gasteiger partial charge in [-0.05, 0) is 98.2 Å². The number of carbonyl (C=O) groups excluding carboxylic acids is 1. The van der Waals surface area contributed by atoms with Crippen molar-refractivity contribution < 1.29 is 9.53 Å². The Labute approximate surface area is 192 Å². The summed E-state index contributed by atoms with van der Waals surface area (Å²) in [6, 6.07) is 0. The number of allylic oxidation sites excluding steroid dienone is 2. The van der Waals surface area contributed by atoms with Gasteiger partial charge in [-0.25, -0.2) is 0 Å². The minimum atomic E-state index is -0.0998. The molecule has 0 spiro atoms. The Morgan fingerprint density at radius 2 is 1.81 bits per heavy atom. The van der Waals surface area contributed by atoms with E-state index < -0.39 is 0 Å². The second-order valence-electron chi connectivity index (χ2n) is 12.7. The van der Waals surface area contributed by atoms with E-state index in [1.807, 2.05) is 11.1 Å². The molecular formula is C29H48O2. The lowest BCUT2D eigenvalue weighted by Crippen LogP contribution is -2.46. The van der Waals surface area contributed by atoms with Crippen LogP contribution in [-0.4, -0.2) is 12.1 Å². The van der Waals surface area contributed by atoms with E-state index in [1.54, 1.807) is 6.92 Å². The Kier molecular flexibility index (Phi) is 6.68. The van der Waals surface area contributed by atoms with E-state index in [4.69, 9.17) is 4.74 Å². The van der Waals surface area contributed by atoms with Gasteiger partial charge in [-0.2, -0.15) is 0 Å². The number of fused-ring (bicyclic) bond motifs is 4. The fourth-order valence-electron chi connectivity index (χ4n) is 8.79. The summed E-state index contributed by atoms with van der Waals surface area (Å²) < 4.78 is 5.64. The number of ether oxygens (including phenoxy) is 1. The van der Waals surface area contributed by atoms with Crippen LogP contribution in [0.5, 0.6) is 0 Å². The van der Waals surface area contributed by atoms with Gasteiger partial charge in [0.2, 0.25) is 0 Å². The minimum absolute atomic E-state index is 0.0998. The summed E-state index contributed by atoms with van der Waals surface area (Å²) in [7, 11) is 0. The molecule has 176 valence electrons. The normalized spacial score (nSPS) is 40.9. The maximum atomic E-state index is 11.5. The third kappa shape index (κ3) is 4.26. The fourth-order valence-corrected chi connectivity index (χ4v) is 8.79. The van der Waals surface area contributed by atoms with E-state index >= 15 is 0 Å². The summed E-state index contributed by atoms with van der Waals surface area (Å²) in [4.78, 5) is 11.5. The minimum Gasteiger partial charge on any atom is -0.463 e. The molecule has 7 atom stereocenters. The molecule has 0 amide bonds. The van der Waals surface area contributed by atoms with Crippen molar-refractivity contribution in [3.05, 3.63) is 11.1 Å². The van der Waals surface area contributed by atoms with Crippen LogP contribution in [0, 0.1) is 40.4 Å². The highest BCUT2D eigenvalue weighted by Crippen LogP contribution is 2.66. The van der Waals surface area contributed by atoms with Crippen LogP contribution in [0.2, 0.25) is 0 Å². The van der Waals surface area contributed by atoms with Crippen molar-refractivity contribution in [3.8, 4) is 0 Å². The molecule has 0 aromatic rings. The maximum absolute atomic E-state index is 11.5. The summed E-state index contributed by atoms with van der Waals surface area (Å²) >= 11 is 0. The summed E-state index contributed by atoms with van der Waals surface area (Å²) in [5, 5.41) is 0. The zero-order valence-corrected chi connectivity index (χ0v) is 21.3. The molecule has 0 saturated heterocycles. The lowest BCUT2D eigenvalue weighted by atomic mass is 9.50. The Morgan fingerprint density at radius 1 is 1.03 bits per heavy atom. The first-order valence-electron chi connectivity index (χ1n) is 13.5. The van der Waals surface area contributed by atoms with Gasteiger partial charge >= 0.3 is 5.97 Å². The molecule has 2 fully saturated rings. The Hall–Kier alpha value is -0.790. The van der Waals surface area contributed by atoms with E-state index in [0.29, 0.717) is 16.7 Å². The molecule has 0 aliphatic heterocycles. The molecule has 0 aromatic heterocycles. The van der Waals surface area contributed by atoms with Gasteiger partial charge in [0.1, 0.15) is 6.10 Å². The topological polar surface area (TPSA) is 26.3 Å². The zero-order valence-electron chi connectivity index (χ0n) is 21.3. The number of esters is 1. The van der Waals surface area contributed by atoms with Crippen LogP contribution in [0.25, 0.3) is 0 Å². The van der Waals surface area contributed by atoms with Crippen LogP contribution in [0.3, 0.4) is 0 Å². The molecule has 2 unspecified atom stereocenters. The molecule has 4 rings (SSSR count). The third-order valence-corrected chi connectivity index (χ3v) is 10.5. The standard InChI is InChI=1S/C29H48O2/c1-19(2)8-7-9-20(3)25-12-13-26-24-11-10-22-18-23(31-21(4)30)14-16-28(22,5)27(24)15-17-29(25,26)6/h19-20,22-23,25-26H,7-18H2,1-6H3/t20-,22?,23?,25-,26+,28+,29-/m1/s1. The van der Waals surface area contributed by atoms with Gasteiger partial charge in [0.15, 0.2) is 0 Å². The molecule has 4 aliphatic carbocycles. The number of hydrogen-bond donors (Lipinski definition) is 0. The van der Waals surface area contributed by atoms with Crippen molar-refractivity contribution in [1.82, 2.24) is 0 Å². The van der Waals surface area contributed by atoms with E-state index in [0.717, 1.165) is 36.5 Å². The Morgan fingerprint density at radius 3 is 2.52 bits per heavy atom. The largest absolute Gasteiger partial charge is 0.463 e. The highest BCUT2D eigenvalue weighted by molar-refractivity contribution is 5.66. The van der Waals surface area contributed by atoms with Crippen LogP contribution in [-0.2, 0) is 9.53 Å². The molecule has 2 saturated carbocycles. The average molecular weight is 429 g/mol. The van der Waals surface area contributed by atoms with Crippen LogP contribution in [0.15, 0.2) is 11.1 Å². The number of carbonyl (C=O) groups is 1. The van der Waals surface area contributed by atoms with E-state index in [1.165, 1.54) is 64.2 Å². The molecule has 2 nitrogen and oxygen atoms in total. The summed E-state index contributed by atoms with van der Waals surface area (Å²) in [5.74, 6) is 4.09. The van der Waals surface area contributed by atoms with Crippen molar-refractivity contribution in [2.75, 3.05) is 0 Å². The number of rotatable bonds is 6. The van der Waals surface area contributed by atoms with Crippen molar-refractivity contribution >= 4 is 5.97 Å². The predicted octanol–water partition coefficient (Wildman–Crippen LogP) is 8.10. The van der Waals surface area contributed by atoms with Crippen molar-refractivity contribution in [3.63, 3.8) is 0 Å². The quantitative estimate of drug-likeness (QED) is 0.315. The van der Waals surface area contributed by atoms with Crippen LogP contribution in [0.4, 0.5) is 0 Å². The molecule has 4 aliphatic rings. The van der Waals surface area contributed by atoms with Gasteiger partial charge < -0.3 is 4.74 Å². The van der Waals surface area contributed by atoms with Crippen molar-refractivity contribution in [2.24, 2.45) is 40.4 Å². The van der Waals surface area contributed by atoms with E-state index in [-0.39, 0.29) is 12.1 Å². The van der Waals surface area contributed by atoms with Crippen molar-refractivity contribution in [1.29, 1.82) is 0 Å². The summed E-state index contributed by atoms with van der Waals surface area (Å²) in [6.45, 7) is 14.1. The van der Waals surface area contributed by atoms with Crippen molar-refractivity contribution in [2.45, 2.75) is 125 Å². The molecule has 0 bridgehead atoms. The second kappa shape index (κ2) is 8.86. The average Bonchev–Trinajstić information content (AvgIpc) is 3.05. The van der Waals surface area contributed by atoms with Crippen LogP contribution >= 0.6 is 0 Å². The highest BCUT2D eigenvalue weighted by atomic mass is 16.5. The Bertz CT molecular complexity index is 706.